The lowest BCUT2D eigenvalue weighted by atomic mass is 10.1. The van der Waals surface area contributed by atoms with Gasteiger partial charge < -0.3 is 9.80 Å². The van der Waals surface area contributed by atoms with Crippen LogP contribution in [0.5, 0.6) is 0 Å². The quantitative estimate of drug-likeness (QED) is 0.829. The maximum Gasteiger partial charge on any atom is 0.262 e. The number of carbonyl (C=O) groups is 1. The highest BCUT2D eigenvalue weighted by Crippen LogP contribution is 2.26. The highest BCUT2D eigenvalue weighted by atomic mass is 32.2. The van der Waals surface area contributed by atoms with E-state index in [0.717, 1.165) is 16.8 Å². The Morgan fingerprint density at radius 1 is 1.32 bits per heavy atom. The number of anilines is 1. The number of allylic oxidation sites excluding steroid dienone is 2. The van der Waals surface area contributed by atoms with Crippen molar-refractivity contribution in [2.24, 2.45) is 4.40 Å². The summed E-state index contributed by atoms with van der Waals surface area (Å²) in [5, 5.41) is 0. The minimum Gasteiger partial charge on any atom is -0.331 e. The molecule has 0 radical (unpaired) electrons. The molecule has 0 unspecified atom stereocenters. The van der Waals surface area contributed by atoms with Crippen LogP contribution in [0.4, 0.5) is 5.69 Å². The molecular formula is C18H21N3O3S. The van der Waals surface area contributed by atoms with Gasteiger partial charge in [0.2, 0.25) is 0 Å². The number of benzene rings is 1. The SMILES string of the molecule is CCN(C(=O)C1=CC=CN2CCS(=O)(=O)N=C12)c1cc(C)ccc1C. The van der Waals surface area contributed by atoms with Crippen LogP contribution in [0.3, 0.4) is 0 Å². The number of sulfonamides is 1. The van der Waals surface area contributed by atoms with Crippen molar-refractivity contribution in [2.75, 3.05) is 23.7 Å². The Morgan fingerprint density at radius 2 is 2.08 bits per heavy atom. The van der Waals surface area contributed by atoms with E-state index in [9.17, 15) is 13.2 Å². The fraction of sp³-hybridized carbons (Fsp3) is 0.333. The summed E-state index contributed by atoms with van der Waals surface area (Å²) in [6, 6.07) is 5.94. The van der Waals surface area contributed by atoms with Gasteiger partial charge in [-0.3, -0.25) is 4.79 Å². The van der Waals surface area contributed by atoms with Gasteiger partial charge in [-0.1, -0.05) is 12.1 Å². The minimum atomic E-state index is -3.53. The van der Waals surface area contributed by atoms with E-state index in [1.54, 1.807) is 28.2 Å². The highest BCUT2D eigenvalue weighted by molar-refractivity contribution is 7.90. The van der Waals surface area contributed by atoms with Crippen LogP contribution in [0.25, 0.3) is 0 Å². The normalized spacial score (nSPS) is 18.3. The molecule has 1 aromatic carbocycles. The monoisotopic (exact) mass is 359 g/mol. The van der Waals surface area contributed by atoms with E-state index >= 15 is 0 Å². The van der Waals surface area contributed by atoms with Crippen LogP contribution in [-0.2, 0) is 14.8 Å². The molecule has 2 aliphatic rings. The number of hydrogen-bond donors (Lipinski definition) is 0. The Hall–Kier alpha value is -2.41. The summed E-state index contributed by atoms with van der Waals surface area (Å²) < 4.78 is 27.6. The Morgan fingerprint density at radius 3 is 2.80 bits per heavy atom. The number of nitrogens with zero attached hydrogens (tertiary/aromatic N) is 3. The Kier molecular flexibility index (Phi) is 4.51. The second-order valence-electron chi connectivity index (χ2n) is 6.16. The molecule has 2 aliphatic heterocycles. The molecule has 3 rings (SSSR count). The van der Waals surface area contributed by atoms with Gasteiger partial charge in [0, 0.05) is 25.0 Å². The van der Waals surface area contributed by atoms with Crippen LogP contribution in [0.15, 0.2) is 46.5 Å². The topological polar surface area (TPSA) is 70.1 Å². The number of amides is 1. The third kappa shape index (κ3) is 3.37. The molecule has 0 aliphatic carbocycles. The van der Waals surface area contributed by atoms with Crippen LogP contribution in [0.2, 0.25) is 0 Å². The van der Waals surface area contributed by atoms with E-state index in [0.29, 0.717) is 18.7 Å². The van der Waals surface area contributed by atoms with Crippen LogP contribution in [0, 0.1) is 13.8 Å². The van der Waals surface area contributed by atoms with E-state index < -0.39 is 10.0 Å². The van der Waals surface area contributed by atoms with Crippen LogP contribution < -0.4 is 4.90 Å². The largest absolute Gasteiger partial charge is 0.331 e. The lowest BCUT2D eigenvalue weighted by Crippen LogP contribution is -2.43. The van der Waals surface area contributed by atoms with Crippen molar-refractivity contribution in [3.8, 4) is 0 Å². The second kappa shape index (κ2) is 6.48. The smallest absolute Gasteiger partial charge is 0.262 e. The molecule has 6 nitrogen and oxygen atoms in total. The first-order valence-corrected chi connectivity index (χ1v) is 9.80. The van der Waals surface area contributed by atoms with Gasteiger partial charge in [0.05, 0.1) is 11.3 Å². The van der Waals surface area contributed by atoms with Gasteiger partial charge in [-0.2, -0.15) is 0 Å². The van der Waals surface area contributed by atoms with E-state index in [-0.39, 0.29) is 17.5 Å². The average Bonchev–Trinajstić information content (AvgIpc) is 2.57. The molecule has 1 aromatic rings. The summed E-state index contributed by atoms with van der Waals surface area (Å²) in [6.07, 6.45) is 5.13. The van der Waals surface area contributed by atoms with E-state index in [4.69, 9.17) is 0 Å². The Balaban J connectivity index is 2.03. The molecule has 0 saturated heterocycles. The number of likely N-dealkylation sites (N-methyl/N-ethyl adjacent to an activating group) is 1. The van der Waals surface area contributed by atoms with Crippen LogP contribution >= 0.6 is 0 Å². The predicted octanol–water partition coefficient (Wildman–Crippen LogP) is 2.15. The van der Waals surface area contributed by atoms with E-state index in [2.05, 4.69) is 4.40 Å². The molecule has 132 valence electrons. The van der Waals surface area contributed by atoms with Gasteiger partial charge in [0.1, 0.15) is 0 Å². The molecule has 25 heavy (non-hydrogen) atoms. The molecule has 0 spiro atoms. The number of amidine groups is 1. The fourth-order valence-corrected chi connectivity index (χ4v) is 3.95. The summed E-state index contributed by atoms with van der Waals surface area (Å²) >= 11 is 0. The average molecular weight is 359 g/mol. The van der Waals surface area contributed by atoms with Gasteiger partial charge in [-0.05, 0) is 50.1 Å². The van der Waals surface area contributed by atoms with Crippen molar-refractivity contribution in [1.29, 1.82) is 0 Å². The molecule has 0 atom stereocenters. The zero-order chi connectivity index (χ0) is 18.2. The van der Waals surface area contributed by atoms with Crippen molar-refractivity contribution in [3.05, 3.63) is 53.3 Å². The van der Waals surface area contributed by atoms with Gasteiger partial charge >= 0.3 is 0 Å². The highest BCUT2D eigenvalue weighted by Gasteiger charge is 2.32. The standard InChI is InChI=1S/C18H21N3O3S/c1-4-21(16-12-13(2)7-8-14(16)3)18(22)15-6-5-9-20-10-11-25(23,24)19-17(15)20/h5-9,12H,4,10-11H2,1-3H3. The molecular weight excluding hydrogens is 338 g/mol. The molecule has 0 aromatic heterocycles. The van der Waals surface area contributed by atoms with Crippen molar-refractivity contribution in [2.45, 2.75) is 20.8 Å². The lowest BCUT2D eigenvalue weighted by Gasteiger charge is -2.31. The molecule has 0 bridgehead atoms. The van der Waals surface area contributed by atoms with Crippen molar-refractivity contribution in [3.63, 3.8) is 0 Å². The van der Waals surface area contributed by atoms with Crippen LogP contribution in [0.1, 0.15) is 18.1 Å². The first kappa shape index (κ1) is 17.4. The Bertz CT molecular complexity index is 913. The third-order valence-electron chi connectivity index (χ3n) is 4.30. The molecule has 7 heteroatoms. The third-order valence-corrected chi connectivity index (χ3v) is 5.45. The molecule has 1 amide bonds. The van der Waals surface area contributed by atoms with Gasteiger partial charge in [0.25, 0.3) is 15.9 Å². The second-order valence-corrected chi connectivity index (χ2v) is 7.91. The first-order chi connectivity index (χ1) is 11.8. The lowest BCUT2D eigenvalue weighted by molar-refractivity contribution is -0.114. The summed E-state index contributed by atoms with van der Waals surface area (Å²) in [6.45, 7) is 6.61. The number of carbonyl (C=O) groups excluding carboxylic acids is 1. The van der Waals surface area contributed by atoms with E-state index in [1.807, 2.05) is 39.0 Å². The van der Waals surface area contributed by atoms with Crippen molar-refractivity contribution < 1.29 is 13.2 Å². The number of rotatable bonds is 3. The maximum atomic E-state index is 13.2. The zero-order valence-corrected chi connectivity index (χ0v) is 15.4. The molecule has 0 saturated carbocycles. The van der Waals surface area contributed by atoms with Crippen molar-refractivity contribution >= 4 is 27.5 Å². The fourth-order valence-electron chi connectivity index (χ4n) is 2.96. The van der Waals surface area contributed by atoms with E-state index in [1.165, 1.54) is 0 Å². The number of aryl methyl sites for hydroxylation is 2. The van der Waals surface area contributed by atoms with Crippen LogP contribution in [-0.4, -0.2) is 43.9 Å². The van der Waals surface area contributed by atoms with Gasteiger partial charge in [-0.25, -0.2) is 8.42 Å². The minimum absolute atomic E-state index is 0.0449. The first-order valence-electron chi connectivity index (χ1n) is 8.19. The summed E-state index contributed by atoms with van der Waals surface area (Å²) in [5.74, 6) is -0.0829. The Labute approximate surface area is 148 Å². The summed E-state index contributed by atoms with van der Waals surface area (Å²) in [5.41, 5.74) is 3.17. The zero-order valence-electron chi connectivity index (χ0n) is 14.6. The predicted molar refractivity (Wildman–Crippen MR) is 99.1 cm³/mol. The maximum absolute atomic E-state index is 13.2. The summed E-state index contributed by atoms with van der Waals surface area (Å²) in [7, 11) is -3.53. The molecule has 0 fully saturated rings. The van der Waals surface area contributed by atoms with Gasteiger partial charge in [-0.15, -0.1) is 4.40 Å². The van der Waals surface area contributed by atoms with Crippen molar-refractivity contribution in [1.82, 2.24) is 4.90 Å². The molecule has 0 N–H and O–H groups in total. The number of fused-ring (bicyclic) bond motifs is 1. The van der Waals surface area contributed by atoms with Gasteiger partial charge in [0.15, 0.2) is 5.84 Å². The molecule has 2 heterocycles. The summed E-state index contributed by atoms with van der Waals surface area (Å²) in [4.78, 5) is 16.6. The number of hydrogen-bond acceptors (Lipinski definition) is 4.